The van der Waals surface area contributed by atoms with Gasteiger partial charge in [-0.3, -0.25) is 14.4 Å². The van der Waals surface area contributed by atoms with Crippen molar-refractivity contribution in [3.8, 4) is 0 Å². The fourth-order valence-electron chi connectivity index (χ4n) is 1.69. The van der Waals surface area contributed by atoms with Crippen molar-refractivity contribution in [2.75, 3.05) is 6.61 Å². The molecule has 6 nitrogen and oxygen atoms in total. The van der Waals surface area contributed by atoms with Crippen molar-refractivity contribution >= 4 is 17.8 Å². The van der Waals surface area contributed by atoms with Gasteiger partial charge in [-0.15, -0.1) is 5.73 Å². The van der Waals surface area contributed by atoms with Crippen LogP contribution in [-0.4, -0.2) is 36.6 Å². The Morgan fingerprint density at radius 1 is 1.44 bits per heavy atom. The lowest BCUT2D eigenvalue weighted by Crippen LogP contribution is -2.37. The molecule has 0 aliphatic carbocycles. The molecule has 1 aliphatic rings. The number of rotatable bonds is 4. The van der Waals surface area contributed by atoms with Gasteiger partial charge in [0.25, 0.3) is 0 Å². The van der Waals surface area contributed by atoms with E-state index < -0.39 is 24.1 Å². The maximum Gasteiger partial charge on any atom is 0.303 e. The largest absolute Gasteiger partial charge is 0.461 e. The summed E-state index contributed by atoms with van der Waals surface area (Å²) < 4.78 is 9.86. The topological polar surface area (TPSA) is 81.7 Å². The van der Waals surface area contributed by atoms with E-state index >= 15 is 0 Å². The first-order chi connectivity index (χ1) is 8.43. The molecule has 1 aliphatic heterocycles. The summed E-state index contributed by atoms with van der Waals surface area (Å²) in [5.74, 6) is -1.16. The molecule has 0 unspecified atom stereocenters. The van der Waals surface area contributed by atoms with Crippen LogP contribution >= 0.6 is 0 Å². The number of hydrogen-bond donors (Lipinski definition) is 1. The lowest BCUT2D eigenvalue weighted by atomic mass is 10.0. The summed E-state index contributed by atoms with van der Waals surface area (Å²) in [6.07, 6.45) is -0.537. The van der Waals surface area contributed by atoms with Crippen LogP contribution in [0.15, 0.2) is 17.9 Å². The third kappa shape index (κ3) is 3.75. The Hall–Kier alpha value is -2.07. The van der Waals surface area contributed by atoms with Gasteiger partial charge < -0.3 is 14.8 Å². The first-order valence-electron chi connectivity index (χ1n) is 5.42. The van der Waals surface area contributed by atoms with Crippen molar-refractivity contribution < 1.29 is 23.9 Å². The van der Waals surface area contributed by atoms with Crippen molar-refractivity contribution in [1.82, 2.24) is 5.32 Å². The van der Waals surface area contributed by atoms with E-state index in [0.717, 1.165) is 0 Å². The van der Waals surface area contributed by atoms with Crippen LogP contribution in [0.2, 0.25) is 0 Å². The van der Waals surface area contributed by atoms with Crippen molar-refractivity contribution in [2.45, 2.75) is 32.4 Å². The Labute approximate surface area is 105 Å². The minimum atomic E-state index is -0.616. The van der Waals surface area contributed by atoms with Crippen molar-refractivity contribution in [3.05, 3.63) is 17.9 Å². The van der Waals surface area contributed by atoms with Gasteiger partial charge in [-0.2, -0.15) is 0 Å². The van der Waals surface area contributed by atoms with Crippen LogP contribution in [0.25, 0.3) is 0 Å². The first-order valence-corrected chi connectivity index (χ1v) is 5.42. The predicted molar refractivity (Wildman–Crippen MR) is 61.4 cm³/mol. The van der Waals surface area contributed by atoms with Crippen LogP contribution in [0.1, 0.15) is 20.3 Å². The zero-order chi connectivity index (χ0) is 13.7. The minimum Gasteiger partial charge on any atom is -0.461 e. The molecule has 1 amide bonds. The van der Waals surface area contributed by atoms with Crippen molar-refractivity contribution in [3.63, 3.8) is 0 Å². The molecular formula is C12H15NO5. The molecule has 1 rings (SSSR count). The summed E-state index contributed by atoms with van der Waals surface area (Å²) in [6, 6.07) is -0.543. The van der Waals surface area contributed by atoms with Crippen LogP contribution in [0, 0.1) is 0 Å². The van der Waals surface area contributed by atoms with Gasteiger partial charge in [0.15, 0.2) is 0 Å². The van der Waals surface area contributed by atoms with Gasteiger partial charge in [0.05, 0.1) is 12.5 Å². The quantitative estimate of drug-likeness (QED) is 0.567. The maximum atomic E-state index is 11.3. The van der Waals surface area contributed by atoms with Gasteiger partial charge in [-0.05, 0) is 0 Å². The van der Waals surface area contributed by atoms with E-state index in [9.17, 15) is 14.4 Å². The smallest absolute Gasteiger partial charge is 0.303 e. The van der Waals surface area contributed by atoms with E-state index in [0.29, 0.717) is 5.57 Å². The fourth-order valence-corrected chi connectivity index (χ4v) is 1.69. The molecule has 0 radical (unpaired) electrons. The first kappa shape index (κ1) is 14.0. The summed E-state index contributed by atoms with van der Waals surface area (Å²) >= 11 is 0. The molecule has 1 fully saturated rings. The second-order valence-electron chi connectivity index (χ2n) is 3.88. The number of amides is 1. The highest BCUT2D eigenvalue weighted by Crippen LogP contribution is 2.19. The monoisotopic (exact) mass is 253 g/mol. The number of nitrogens with one attached hydrogen (secondary N) is 1. The van der Waals surface area contributed by atoms with E-state index in [2.05, 4.69) is 17.6 Å². The van der Waals surface area contributed by atoms with Gasteiger partial charge >= 0.3 is 11.9 Å². The predicted octanol–water partition coefficient (Wildman–Crippen LogP) is 0.0810. The SMILES string of the molecule is C=C=C(COC(C)=O)[C@H]1NC(=O)C[C@@H]1OC(C)=O. The van der Waals surface area contributed by atoms with E-state index in [4.69, 9.17) is 9.47 Å². The minimum absolute atomic E-state index is 0.0401. The van der Waals surface area contributed by atoms with E-state index in [1.54, 1.807) is 0 Å². The number of hydrogen-bond acceptors (Lipinski definition) is 5. The zero-order valence-electron chi connectivity index (χ0n) is 10.3. The molecule has 0 aromatic heterocycles. The standard InChI is InChI=1S/C12H15NO5/c1-4-9(6-17-7(2)14)12-10(18-8(3)15)5-11(16)13-12/h10,12H,1,5-6H2,2-3H3,(H,13,16)/t10-,12+/m0/s1. The van der Waals surface area contributed by atoms with Crippen LogP contribution in [0.4, 0.5) is 0 Å². The van der Waals surface area contributed by atoms with Crippen LogP contribution in [0.3, 0.4) is 0 Å². The molecule has 0 bridgehead atoms. The van der Waals surface area contributed by atoms with Crippen molar-refractivity contribution in [2.24, 2.45) is 0 Å². The molecule has 1 heterocycles. The Morgan fingerprint density at radius 2 is 2.11 bits per heavy atom. The molecule has 0 spiro atoms. The Balaban J connectivity index is 2.76. The fraction of sp³-hybridized carbons (Fsp3) is 0.500. The Bertz CT molecular complexity index is 422. The van der Waals surface area contributed by atoms with E-state index in [1.165, 1.54) is 13.8 Å². The molecule has 98 valence electrons. The second-order valence-corrected chi connectivity index (χ2v) is 3.88. The molecule has 18 heavy (non-hydrogen) atoms. The van der Waals surface area contributed by atoms with E-state index in [1.807, 2.05) is 0 Å². The third-order valence-electron chi connectivity index (χ3n) is 2.43. The summed E-state index contributed by atoms with van der Waals surface area (Å²) in [5.41, 5.74) is 3.08. The van der Waals surface area contributed by atoms with E-state index in [-0.39, 0.29) is 18.9 Å². The lowest BCUT2D eigenvalue weighted by Gasteiger charge is -2.20. The molecule has 0 saturated carbocycles. The summed E-state index contributed by atoms with van der Waals surface area (Å²) in [6.45, 7) is 5.98. The second kappa shape index (κ2) is 6.02. The highest BCUT2D eigenvalue weighted by molar-refractivity contribution is 5.81. The lowest BCUT2D eigenvalue weighted by molar-refractivity contribution is -0.147. The van der Waals surface area contributed by atoms with Gasteiger partial charge in [0.2, 0.25) is 5.91 Å². The Morgan fingerprint density at radius 3 is 2.61 bits per heavy atom. The molecule has 2 atom stereocenters. The number of carbonyl (C=O) groups excluding carboxylic acids is 3. The summed E-state index contributed by atoms with van der Waals surface area (Å²) in [4.78, 5) is 33.0. The van der Waals surface area contributed by atoms with Gasteiger partial charge in [0, 0.05) is 19.4 Å². The summed E-state index contributed by atoms with van der Waals surface area (Å²) in [7, 11) is 0. The molecule has 1 saturated heterocycles. The summed E-state index contributed by atoms with van der Waals surface area (Å²) in [5, 5.41) is 2.64. The van der Waals surface area contributed by atoms with Crippen LogP contribution in [-0.2, 0) is 23.9 Å². The van der Waals surface area contributed by atoms with Crippen LogP contribution < -0.4 is 5.32 Å². The molecule has 1 N–H and O–H groups in total. The number of ether oxygens (including phenoxy) is 2. The molecule has 0 aromatic carbocycles. The average Bonchev–Trinajstić information content (AvgIpc) is 2.59. The van der Waals surface area contributed by atoms with Crippen LogP contribution in [0.5, 0.6) is 0 Å². The van der Waals surface area contributed by atoms with Gasteiger partial charge in [0.1, 0.15) is 12.7 Å². The van der Waals surface area contributed by atoms with Gasteiger partial charge in [-0.1, -0.05) is 6.58 Å². The molecule has 0 aromatic rings. The normalized spacial score (nSPS) is 21.8. The van der Waals surface area contributed by atoms with Gasteiger partial charge in [-0.25, -0.2) is 0 Å². The molecular weight excluding hydrogens is 238 g/mol. The number of carbonyl (C=O) groups is 3. The average molecular weight is 253 g/mol. The maximum absolute atomic E-state index is 11.3. The highest BCUT2D eigenvalue weighted by atomic mass is 16.5. The highest BCUT2D eigenvalue weighted by Gasteiger charge is 2.37. The van der Waals surface area contributed by atoms with Crippen molar-refractivity contribution in [1.29, 1.82) is 0 Å². The number of esters is 2. The Kier molecular flexibility index (Phi) is 4.68. The molecule has 6 heteroatoms. The third-order valence-corrected chi connectivity index (χ3v) is 2.43. The zero-order valence-corrected chi connectivity index (χ0v) is 10.3.